The lowest BCUT2D eigenvalue weighted by Crippen LogP contribution is -2.50. The summed E-state index contributed by atoms with van der Waals surface area (Å²) in [4.78, 5) is 28.6. The maximum Gasteiger partial charge on any atom is 0.254 e. The molecular weight excluding hydrogens is 332 g/mol. The fourth-order valence-corrected chi connectivity index (χ4v) is 2.89. The Kier molecular flexibility index (Phi) is 4.57. The van der Waals surface area contributed by atoms with Crippen molar-refractivity contribution in [2.75, 3.05) is 49.1 Å². The Balaban J connectivity index is 1.64. The van der Waals surface area contributed by atoms with E-state index in [1.165, 1.54) is 0 Å². The zero-order valence-electron chi connectivity index (χ0n) is 14.3. The van der Waals surface area contributed by atoms with Gasteiger partial charge in [0, 0.05) is 37.3 Å². The van der Waals surface area contributed by atoms with E-state index in [2.05, 4.69) is 0 Å². The van der Waals surface area contributed by atoms with Gasteiger partial charge in [-0.15, -0.1) is 0 Å². The van der Waals surface area contributed by atoms with Crippen LogP contribution in [0.4, 0.5) is 22.7 Å². The molecule has 1 heterocycles. The number of hydrogen-bond donors (Lipinski definition) is 4. The van der Waals surface area contributed by atoms with Crippen molar-refractivity contribution >= 4 is 34.6 Å². The molecule has 0 aliphatic carbocycles. The highest BCUT2D eigenvalue weighted by Crippen LogP contribution is 2.20. The number of benzene rings is 2. The number of carbonyl (C=O) groups is 2. The molecule has 3 rings (SSSR count). The topological polar surface area (TPSA) is 145 Å². The molecule has 136 valence electrons. The number of piperazine rings is 1. The Morgan fingerprint density at radius 2 is 0.962 bits per heavy atom. The van der Waals surface area contributed by atoms with Gasteiger partial charge in [0.05, 0.1) is 22.7 Å². The van der Waals surface area contributed by atoms with Gasteiger partial charge >= 0.3 is 0 Å². The van der Waals surface area contributed by atoms with Crippen LogP contribution in [-0.2, 0) is 0 Å². The molecule has 1 aliphatic heterocycles. The summed E-state index contributed by atoms with van der Waals surface area (Å²) in [5.41, 5.74) is 25.5. The van der Waals surface area contributed by atoms with Crippen LogP contribution >= 0.6 is 0 Å². The van der Waals surface area contributed by atoms with Crippen LogP contribution in [0.5, 0.6) is 0 Å². The Morgan fingerprint density at radius 1 is 0.615 bits per heavy atom. The summed E-state index contributed by atoms with van der Waals surface area (Å²) in [6.45, 7) is 1.78. The van der Waals surface area contributed by atoms with Crippen molar-refractivity contribution in [2.24, 2.45) is 0 Å². The highest BCUT2D eigenvalue weighted by molar-refractivity contribution is 5.97. The molecule has 1 aliphatic rings. The Morgan fingerprint density at radius 3 is 1.27 bits per heavy atom. The minimum absolute atomic E-state index is 0.125. The predicted octanol–water partition coefficient (Wildman–Crippen LogP) is 0.614. The van der Waals surface area contributed by atoms with Crippen LogP contribution in [0, 0.1) is 0 Å². The fourth-order valence-electron chi connectivity index (χ4n) is 2.89. The molecule has 8 heteroatoms. The number of carbonyl (C=O) groups excluding carboxylic acids is 2. The first-order valence-electron chi connectivity index (χ1n) is 8.25. The van der Waals surface area contributed by atoms with Gasteiger partial charge < -0.3 is 32.7 Å². The van der Waals surface area contributed by atoms with Crippen molar-refractivity contribution < 1.29 is 9.59 Å². The molecule has 2 amide bonds. The van der Waals surface area contributed by atoms with Gasteiger partial charge in [0.2, 0.25) is 0 Å². The van der Waals surface area contributed by atoms with Crippen LogP contribution < -0.4 is 22.9 Å². The minimum atomic E-state index is -0.125. The molecule has 2 aromatic rings. The van der Waals surface area contributed by atoms with E-state index < -0.39 is 0 Å². The standard InChI is InChI=1S/C18H22N6O2/c19-13-3-1-11(9-15(13)21)17(25)23-5-7-24(8-6-23)18(26)12-2-4-14(20)16(22)10-12/h1-4,9-10H,5-8,19-22H2. The summed E-state index contributed by atoms with van der Waals surface area (Å²) in [6, 6.07) is 9.70. The molecule has 8 N–H and O–H groups in total. The molecule has 2 aromatic carbocycles. The van der Waals surface area contributed by atoms with E-state index in [0.29, 0.717) is 60.1 Å². The average molecular weight is 354 g/mol. The van der Waals surface area contributed by atoms with E-state index in [1.807, 2.05) is 0 Å². The van der Waals surface area contributed by atoms with Crippen LogP contribution in [0.25, 0.3) is 0 Å². The number of nitrogens with two attached hydrogens (primary N) is 4. The summed E-state index contributed by atoms with van der Waals surface area (Å²) in [5.74, 6) is -0.249. The number of rotatable bonds is 2. The number of nitrogen functional groups attached to an aromatic ring is 4. The zero-order valence-corrected chi connectivity index (χ0v) is 14.3. The summed E-state index contributed by atoms with van der Waals surface area (Å²) in [5, 5.41) is 0. The second-order valence-corrected chi connectivity index (χ2v) is 6.27. The van der Waals surface area contributed by atoms with Crippen molar-refractivity contribution in [3.63, 3.8) is 0 Å². The van der Waals surface area contributed by atoms with Gasteiger partial charge in [-0.3, -0.25) is 9.59 Å². The largest absolute Gasteiger partial charge is 0.397 e. The summed E-state index contributed by atoms with van der Waals surface area (Å²) < 4.78 is 0. The molecule has 0 saturated carbocycles. The smallest absolute Gasteiger partial charge is 0.254 e. The van der Waals surface area contributed by atoms with E-state index in [4.69, 9.17) is 22.9 Å². The van der Waals surface area contributed by atoms with E-state index in [-0.39, 0.29) is 11.8 Å². The van der Waals surface area contributed by atoms with Gasteiger partial charge in [-0.25, -0.2) is 0 Å². The first kappa shape index (κ1) is 17.4. The molecule has 0 aromatic heterocycles. The quantitative estimate of drug-likeness (QED) is 0.582. The van der Waals surface area contributed by atoms with Crippen LogP contribution in [0.1, 0.15) is 20.7 Å². The minimum Gasteiger partial charge on any atom is -0.397 e. The predicted molar refractivity (Wildman–Crippen MR) is 102 cm³/mol. The monoisotopic (exact) mass is 354 g/mol. The number of anilines is 4. The molecule has 1 saturated heterocycles. The van der Waals surface area contributed by atoms with E-state index >= 15 is 0 Å². The molecule has 0 radical (unpaired) electrons. The number of hydrogen-bond acceptors (Lipinski definition) is 6. The number of amides is 2. The first-order chi connectivity index (χ1) is 12.4. The molecule has 8 nitrogen and oxygen atoms in total. The van der Waals surface area contributed by atoms with Crippen LogP contribution in [-0.4, -0.2) is 47.8 Å². The molecule has 0 atom stereocenters. The van der Waals surface area contributed by atoms with Crippen molar-refractivity contribution in [1.29, 1.82) is 0 Å². The molecule has 0 bridgehead atoms. The molecule has 0 unspecified atom stereocenters. The lowest BCUT2D eigenvalue weighted by atomic mass is 10.1. The summed E-state index contributed by atoms with van der Waals surface area (Å²) >= 11 is 0. The van der Waals surface area contributed by atoms with Crippen LogP contribution in [0.15, 0.2) is 36.4 Å². The molecular formula is C18H22N6O2. The van der Waals surface area contributed by atoms with Gasteiger partial charge in [-0.1, -0.05) is 0 Å². The second-order valence-electron chi connectivity index (χ2n) is 6.27. The first-order valence-corrected chi connectivity index (χ1v) is 8.25. The normalized spacial score (nSPS) is 14.3. The van der Waals surface area contributed by atoms with Crippen molar-refractivity contribution in [3.05, 3.63) is 47.5 Å². The van der Waals surface area contributed by atoms with Gasteiger partial charge in [0.15, 0.2) is 0 Å². The van der Waals surface area contributed by atoms with Crippen LogP contribution in [0.3, 0.4) is 0 Å². The lowest BCUT2D eigenvalue weighted by Gasteiger charge is -2.35. The van der Waals surface area contributed by atoms with Gasteiger partial charge in [0.1, 0.15) is 0 Å². The van der Waals surface area contributed by atoms with Gasteiger partial charge in [-0.05, 0) is 36.4 Å². The molecule has 0 spiro atoms. The third-order valence-electron chi connectivity index (χ3n) is 4.52. The average Bonchev–Trinajstić information content (AvgIpc) is 2.65. The highest BCUT2D eigenvalue weighted by Gasteiger charge is 2.26. The SMILES string of the molecule is Nc1ccc(C(=O)N2CCN(C(=O)c3ccc(N)c(N)c3)CC2)cc1N. The number of nitrogens with zero attached hydrogens (tertiary/aromatic N) is 2. The van der Waals surface area contributed by atoms with Crippen molar-refractivity contribution in [1.82, 2.24) is 9.80 Å². The summed E-state index contributed by atoms with van der Waals surface area (Å²) in [7, 11) is 0. The van der Waals surface area contributed by atoms with Gasteiger partial charge in [-0.2, -0.15) is 0 Å². The van der Waals surface area contributed by atoms with Crippen molar-refractivity contribution in [2.45, 2.75) is 0 Å². The third-order valence-corrected chi connectivity index (χ3v) is 4.52. The summed E-state index contributed by atoms with van der Waals surface area (Å²) in [6.07, 6.45) is 0. The van der Waals surface area contributed by atoms with E-state index in [1.54, 1.807) is 46.2 Å². The maximum atomic E-state index is 12.6. The Hall–Kier alpha value is -3.42. The maximum absolute atomic E-state index is 12.6. The Labute approximate surface area is 151 Å². The van der Waals surface area contributed by atoms with E-state index in [9.17, 15) is 9.59 Å². The zero-order chi connectivity index (χ0) is 18.8. The van der Waals surface area contributed by atoms with E-state index in [0.717, 1.165) is 0 Å². The highest BCUT2D eigenvalue weighted by atomic mass is 16.2. The molecule has 26 heavy (non-hydrogen) atoms. The van der Waals surface area contributed by atoms with Crippen LogP contribution in [0.2, 0.25) is 0 Å². The second kappa shape index (κ2) is 6.83. The third kappa shape index (κ3) is 3.34. The Bertz CT molecular complexity index is 787. The lowest BCUT2D eigenvalue weighted by molar-refractivity contribution is 0.0535. The van der Waals surface area contributed by atoms with Crippen molar-refractivity contribution in [3.8, 4) is 0 Å². The molecule has 1 fully saturated rings. The van der Waals surface area contributed by atoms with Gasteiger partial charge in [0.25, 0.3) is 11.8 Å². The fraction of sp³-hybridized carbons (Fsp3) is 0.222.